The molecule has 2 nitrogen and oxygen atoms in total. The van der Waals surface area contributed by atoms with Crippen molar-refractivity contribution in [3.8, 4) is 0 Å². The van der Waals surface area contributed by atoms with E-state index in [4.69, 9.17) is 0 Å². The molecule has 0 radical (unpaired) electrons. The van der Waals surface area contributed by atoms with Crippen molar-refractivity contribution in [3.63, 3.8) is 0 Å². The molecule has 1 saturated heterocycles. The van der Waals surface area contributed by atoms with Gasteiger partial charge in [0.15, 0.2) is 0 Å². The summed E-state index contributed by atoms with van der Waals surface area (Å²) in [5, 5.41) is 3.68. The van der Waals surface area contributed by atoms with Gasteiger partial charge in [-0.2, -0.15) is 0 Å². The fourth-order valence-corrected chi connectivity index (χ4v) is 2.58. The molecule has 0 unspecified atom stereocenters. The van der Waals surface area contributed by atoms with Gasteiger partial charge in [-0.3, -0.25) is 0 Å². The molecule has 2 rings (SSSR count). The van der Waals surface area contributed by atoms with Gasteiger partial charge in [-0.25, -0.2) is 0 Å². The predicted octanol–water partition coefficient (Wildman–Crippen LogP) is 3.21. The van der Waals surface area contributed by atoms with Gasteiger partial charge >= 0.3 is 0 Å². The number of benzene rings is 1. The van der Waals surface area contributed by atoms with E-state index in [2.05, 4.69) is 69.1 Å². The zero-order chi connectivity index (χ0) is 13.4. The van der Waals surface area contributed by atoms with Gasteiger partial charge in [-0.05, 0) is 38.3 Å². The van der Waals surface area contributed by atoms with Crippen molar-refractivity contribution in [3.05, 3.63) is 29.8 Å². The number of nitrogens with zero attached hydrogens (tertiary/aromatic N) is 1. The molecule has 1 aliphatic heterocycles. The van der Waals surface area contributed by atoms with E-state index < -0.39 is 0 Å². The number of hydrogen-bond acceptors (Lipinski definition) is 2. The molecular weight excluding hydrogens is 220 g/mol. The molecular formula is C16H26N2. The Morgan fingerprint density at radius 2 is 1.61 bits per heavy atom. The molecule has 1 heterocycles. The van der Waals surface area contributed by atoms with Gasteiger partial charge in [0.25, 0.3) is 0 Å². The summed E-state index contributed by atoms with van der Waals surface area (Å²) in [6.07, 6.45) is 0. The number of hydrogen-bond donors (Lipinski definition) is 1. The minimum absolute atomic E-state index is 0.165. The van der Waals surface area contributed by atoms with Crippen LogP contribution in [0.2, 0.25) is 0 Å². The molecule has 0 aromatic heterocycles. The third-order valence-electron chi connectivity index (χ3n) is 3.65. The van der Waals surface area contributed by atoms with Crippen LogP contribution in [0.1, 0.15) is 33.3 Å². The summed E-state index contributed by atoms with van der Waals surface area (Å²) in [5.41, 5.74) is 3.13. The van der Waals surface area contributed by atoms with E-state index in [1.807, 2.05) is 0 Å². The summed E-state index contributed by atoms with van der Waals surface area (Å²) in [6.45, 7) is 14.6. The molecule has 0 atom stereocenters. The Morgan fingerprint density at radius 3 is 2.22 bits per heavy atom. The fourth-order valence-electron chi connectivity index (χ4n) is 2.58. The van der Waals surface area contributed by atoms with Crippen LogP contribution in [-0.2, 0) is 0 Å². The zero-order valence-electron chi connectivity index (χ0n) is 12.4. The molecule has 1 N–H and O–H groups in total. The van der Waals surface area contributed by atoms with E-state index >= 15 is 0 Å². The van der Waals surface area contributed by atoms with E-state index in [0.717, 1.165) is 19.6 Å². The molecule has 1 aromatic rings. The van der Waals surface area contributed by atoms with Crippen molar-refractivity contribution in [2.45, 2.75) is 40.2 Å². The van der Waals surface area contributed by atoms with Crippen molar-refractivity contribution < 1.29 is 0 Å². The van der Waals surface area contributed by atoms with Crippen LogP contribution in [0.5, 0.6) is 0 Å². The maximum Gasteiger partial charge on any atom is 0.0367 e. The maximum absolute atomic E-state index is 3.68. The highest BCUT2D eigenvalue weighted by atomic mass is 15.2. The molecule has 1 aliphatic rings. The van der Waals surface area contributed by atoms with Crippen LogP contribution in [-0.4, -0.2) is 25.2 Å². The van der Waals surface area contributed by atoms with Gasteiger partial charge in [0.1, 0.15) is 0 Å². The molecule has 18 heavy (non-hydrogen) atoms. The monoisotopic (exact) mass is 246 g/mol. The lowest BCUT2D eigenvalue weighted by Gasteiger charge is -2.33. The summed E-state index contributed by atoms with van der Waals surface area (Å²) in [5.74, 6) is 0. The summed E-state index contributed by atoms with van der Waals surface area (Å²) in [6, 6.07) is 8.89. The lowest BCUT2D eigenvalue weighted by atomic mass is 9.93. The Bertz CT molecular complexity index is 386. The molecule has 0 saturated carbocycles. The number of nitrogens with one attached hydrogen (secondary N) is 1. The van der Waals surface area contributed by atoms with Crippen LogP contribution >= 0.6 is 0 Å². The Morgan fingerprint density at radius 1 is 1.00 bits per heavy atom. The number of anilines is 1. The minimum Gasteiger partial charge on any atom is -0.369 e. The third kappa shape index (κ3) is 3.26. The van der Waals surface area contributed by atoms with Gasteiger partial charge in [-0.1, -0.05) is 31.5 Å². The van der Waals surface area contributed by atoms with Crippen LogP contribution in [0.4, 0.5) is 5.69 Å². The Hall–Kier alpha value is -1.02. The van der Waals surface area contributed by atoms with Gasteiger partial charge in [0, 0.05) is 30.9 Å². The normalized spacial score (nSPS) is 22.6. The lowest BCUT2D eigenvalue weighted by molar-refractivity contribution is 0.332. The van der Waals surface area contributed by atoms with Gasteiger partial charge in [0.2, 0.25) is 0 Å². The Balaban J connectivity index is 2.26. The summed E-state index contributed by atoms with van der Waals surface area (Å²) in [7, 11) is 0. The Kier molecular flexibility index (Phi) is 3.41. The second-order valence-electron chi connectivity index (χ2n) is 7.09. The molecule has 1 aromatic carbocycles. The maximum atomic E-state index is 3.68. The molecule has 0 spiro atoms. The summed E-state index contributed by atoms with van der Waals surface area (Å²) < 4.78 is 0. The van der Waals surface area contributed by atoms with Crippen molar-refractivity contribution in [2.24, 2.45) is 5.41 Å². The van der Waals surface area contributed by atoms with Crippen molar-refractivity contribution in [1.82, 2.24) is 5.32 Å². The molecule has 100 valence electrons. The van der Waals surface area contributed by atoms with Gasteiger partial charge < -0.3 is 10.2 Å². The second-order valence-corrected chi connectivity index (χ2v) is 7.09. The highest BCUT2D eigenvalue weighted by Gasteiger charge is 2.32. The first-order valence-electron chi connectivity index (χ1n) is 6.84. The largest absolute Gasteiger partial charge is 0.369 e. The standard InChI is InChI=1S/C16H26N2/c1-13-6-8-14(9-7-13)18-11-15(2,3)10-17-16(4,5)12-18/h6-9,17H,10-12H2,1-5H3. The summed E-state index contributed by atoms with van der Waals surface area (Å²) in [4.78, 5) is 2.51. The van der Waals surface area contributed by atoms with Crippen molar-refractivity contribution in [2.75, 3.05) is 24.5 Å². The molecule has 0 bridgehead atoms. The van der Waals surface area contributed by atoms with Crippen molar-refractivity contribution in [1.29, 1.82) is 0 Å². The van der Waals surface area contributed by atoms with E-state index in [0.29, 0.717) is 5.41 Å². The SMILES string of the molecule is Cc1ccc(N2CC(C)(C)CNC(C)(C)C2)cc1. The fraction of sp³-hybridized carbons (Fsp3) is 0.625. The smallest absolute Gasteiger partial charge is 0.0367 e. The van der Waals surface area contributed by atoms with E-state index in [9.17, 15) is 0 Å². The molecule has 1 fully saturated rings. The summed E-state index contributed by atoms with van der Waals surface area (Å²) >= 11 is 0. The van der Waals surface area contributed by atoms with Crippen LogP contribution in [0.15, 0.2) is 24.3 Å². The first-order chi connectivity index (χ1) is 8.27. The van der Waals surface area contributed by atoms with E-state index in [1.165, 1.54) is 11.3 Å². The molecule has 0 aliphatic carbocycles. The number of aryl methyl sites for hydroxylation is 1. The highest BCUT2D eigenvalue weighted by Crippen LogP contribution is 2.27. The first kappa shape index (κ1) is 13.4. The van der Waals surface area contributed by atoms with E-state index in [-0.39, 0.29) is 5.54 Å². The molecule has 0 amide bonds. The minimum atomic E-state index is 0.165. The van der Waals surface area contributed by atoms with Crippen LogP contribution in [0.25, 0.3) is 0 Å². The van der Waals surface area contributed by atoms with E-state index in [1.54, 1.807) is 0 Å². The van der Waals surface area contributed by atoms with Gasteiger partial charge in [0.05, 0.1) is 0 Å². The van der Waals surface area contributed by atoms with Gasteiger partial charge in [-0.15, -0.1) is 0 Å². The van der Waals surface area contributed by atoms with Crippen molar-refractivity contribution >= 4 is 5.69 Å². The average molecular weight is 246 g/mol. The second kappa shape index (κ2) is 4.58. The van der Waals surface area contributed by atoms with Crippen LogP contribution in [0, 0.1) is 12.3 Å². The van der Waals surface area contributed by atoms with Crippen LogP contribution < -0.4 is 10.2 Å². The number of rotatable bonds is 1. The average Bonchev–Trinajstić information content (AvgIpc) is 2.36. The lowest BCUT2D eigenvalue weighted by Crippen LogP contribution is -2.46. The third-order valence-corrected chi connectivity index (χ3v) is 3.65. The quantitative estimate of drug-likeness (QED) is 0.818. The highest BCUT2D eigenvalue weighted by molar-refractivity contribution is 5.48. The topological polar surface area (TPSA) is 15.3 Å². The zero-order valence-corrected chi connectivity index (χ0v) is 12.4. The Labute approximate surface area is 111 Å². The van der Waals surface area contributed by atoms with Crippen LogP contribution in [0.3, 0.4) is 0 Å². The molecule has 2 heteroatoms. The first-order valence-corrected chi connectivity index (χ1v) is 6.84. The predicted molar refractivity (Wildman–Crippen MR) is 79.3 cm³/mol.